The lowest BCUT2D eigenvalue weighted by molar-refractivity contribution is -0.120. The number of amides is 3. The Labute approximate surface area is 157 Å². The number of carbonyl (C=O) groups is 2. The summed E-state index contributed by atoms with van der Waals surface area (Å²) in [5.74, 6) is -0.0578. The summed E-state index contributed by atoms with van der Waals surface area (Å²) in [7, 11) is 0. The normalized spacial score (nSPS) is 10.6. The molecule has 0 unspecified atom stereocenters. The van der Waals surface area contributed by atoms with Gasteiger partial charge in [0.1, 0.15) is 0 Å². The molecule has 0 saturated carbocycles. The number of para-hydroxylation sites is 1. The minimum Gasteiger partial charge on any atom is -0.352 e. The molecule has 3 aromatic rings. The van der Waals surface area contributed by atoms with Crippen LogP contribution in [0.1, 0.15) is 22.4 Å². The van der Waals surface area contributed by atoms with Crippen LogP contribution in [0.5, 0.6) is 0 Å². The van der Waals surface area contributed by atoms with Gasteiger partial charge in [0.05, 0.1) is 11.9 Å². The van der Waals surface area contributed by atoms with Crippen molar-refractivity contribution in [2.24, 2.45) is 5.73 Å². The Morgan fingerprint density at radius 2 is 1.74 bits per heavy atom. The summed E-state index contributed by atoms with van der Waals surface area (Å²) in [5.41, 5.74) is 10.5. The van der Waals surface area contributed by atoms with E-state index in [1.54, 1.807) is 12.1 Å². The van der Waals surface area contributed by atoms with Crippen molar-refractivity contribution >= 4 is 28.5 Å². The van der Waals surface area contributed by atoms with Gasteiger partial charge in [-0.3, -0.25) is 9.78 Å². The zero-order chi connectivity index (χ0) is 19.4. The van der Waals surface area contributed by atoms with Crippen molar-refractivity contribution in [2.75, 3.05) is 5.32 Å². The van der Waals surface area contributed by atoms with Crippen molar-refractivity contribution in [1.29, 1.82) is 0 Å². The summed E-state index contributed by atoms with van der Waals surface area (Å²) < 4.78 is 0. The number of anilines is 1. The summed E-state index contributed by atoms with van der Waals surface area (Å²) >= 11 is 0. The molecule has 0 atom stereocenters. The monoisotopic (exact) mass is 362 g/mol. The molecule has 6 nitrogen and oxygen atoms in total. The number of hydrogen-bond donors (Lipinski definition) is 3. The highest BCUT2D eigenvalue weighted by Gasteiger charge is 2.12. The first-order valence-corrected chi connectivity index (χ1v) is 8.71. The van der Waals surface area contributed by atoms with Crippen molar-refractivity contribution < 1.29 is 9.59 Å². The molecule has 0 aliphatic carbocycles. The highest BCUT2D eigenvalue weighted by molar-refractivity contribution is 5.88. The summed E-state index contributed by atoms with van der Waals surface area (Å²) in [4.78, 5) is 27.9. The van der Waals surface area contributed by atoms with Crippen LogP contribution in [0.2, 0.25) is 0 Å². The van der Waals surface area contributed by atoms with Gasteiger partial charge in [0.15, 0.2) is 0 Å². The third-order valence-corrected chi connectivity index (χ3v) is 4.53. The number of aromatic nitrogens is 1. The van der Waals surface area contributed by atoms with Gasteiger partial charge in [-0.2, -0.15) is 0 Å². The minimum absolute atomic E-state index is 0.0578. The maximum absolute atomic E-state index is 12.4. The number of urea groups is 1. The lowest BCUT2D eigenvalue weighted by Gasteiger charge is -2.13. The van der Waals surface area contributed by atoms with Crippen molar-refractivity contribution in [3.05, 3.63) is 70.9 Å². The van der Waals surface area contributed by atoms with Crippen LogP contribution in [0.25, 0.3) is 10.9 Å². The zero-order valence-electron chi connectivity index (χ0n) is 15.4. The largest absolute Gasteiger partial charge is 0.352 e. The van der Waals surface area contributed by atoms with Gasteiger partial charge in [-0.25, -0.2) is 4.79 Å². The molecule has 1 heterocycles. The lowest BCUT2D eigenvalue weighted by Crippen LogP contribution is -2.25. The number of carbonyl (C=O) groups excluding carboxylic acids is 2. The Bertz CT molecular complexity index is 997. The van der Waals surface area contributed by atoms with E-state index in [1.165, 1.54) is 0 Å². The molecule has 0 radical (unpaired) electrons. The predicted octanol–water partition coefficient (Wildman–Crippen LogP) is 3.20. The van der Waals surface area contributed by atoms with E-state index >= 15 is 0 Å². The molecule has 0 aliphatic rings. The lowest BCUT2D eigenvalue weighted by atomic mass is 9.99. The van der Waals surface area contributed by atoms with Gasteiger partial charge in [0.2, 0.25) is 5.91 Å². The molecular weight excluding hydrogens is 340 g/mol. The number of nitrogens with one attached hydrogen (secondary N) is 2. The molecule has 0 fully saturated rings. The van der Waals surface area contributed by atoms with Gasteiger partial charge in [-0.1, -0.05) is 30.3 Å². The Kier molecular flexibility index (Phi) is 5.35. The summed E-state index contributed by atoms with van der Waals surface area (Å²) in [6, 6.07) is 14.5. The van der Waals surface area contributed by atoms with Crippen LogP contribution < -0.4 is 16.4 Å². The number of hydrogen-bond acceptors (Lipinski definition) is 3. The van der Waals surface area contributed by atoms with Crippen molar-refractivity contribution in [2.45, 2.75) is 26.8 Å². The quantitative estimate of drug-likeness (QED) is 0.650. The van der Waals surface area contributed by atoms with Crippen LogP contribution in [-0.2, 0) is 17.8 Å². The van der Waals surface area contributed by atoms with Crippen molar-refractivity contribution in [1.82, 2.24) is 10.3 Å². The average molecular weight is 362 g/mol. The fraction of sp³-hybridized carbons (Fsp3) is 0.190. The Balaban J connectivity index is 1.66. The maximum atomic E-state index is 12.4. The number of primary amides is 1. The van der Waals surface area contributed by atoms with Gasteiger partial charge in [-0.15, -0.1) is 0 Å². The topological polar surface area (TPSA) is 97.1 Å². The van der Waals surface area contributed by atoms with Crippen molar-refractivity contribution in [3.8, 4) is 0 Å². The molecule has 3 amide bonds. The Morgan fingerprint density at radius 3 is 2.44 bits per heavy atom. The second-order valence-electron chi connectivity index (χ2n) is 6.46. The van der Waals surface area contributed by atoms with Gasteiger partial charge in [-0.05, 0) is 48.7 Å². The van der Waals surface area contributed by atoms with E-state index in [0.29, 0.717) is 12.2 Å². The molecule has 0 bridgehead atoms. The molecule has 0 spiro atoms. The van der Waals surface area contributed by atoms with Gasteiger partial charge >= 0.3 is 6.03 Å². The highest BCUT2D eigenvalue weighted by Crippen LogP contribution is 2.22. The number of nitrogens with zero attached hydrogens (tertiary/aromatic N) is 1. The number of rotatable bonds is 5. The van der Waals surface area contributed by atoms with E-state index in [9.17, 15) is 9.59 Å². The van der Waals surface area contributed by atoms with E-state index in [0.717, 1.165) is 33.3 Å². The zero-order valence-corrected chi connectivity index (χ0v) is 15.4. The molecule has 6 heteroatoms. The van der Waals surface area contributed by atoms with E-state index < -0.39 is 6.03 Å². The van der Waals surface area contributed by atoms with Gasteiger partial charge in [0.25, 0.3) is 0 Å². The van der Waals surface area contributed by atoms with Crippen molar-refractivity contribution in [3.63, 3.8) is 0 Å². The molecule has 2 aromatic carbocycles. The molecule has 4 N–H and O–H groups in total. The standard InChI is InChI=1S/C21H22N4O2/c1-13-17-5-3-4-6-19(17)24-14(2)18(13)11-20(26)23-12-15-7-9-16(10-8-15)25-21(22)27/h3-10H,11-12H2,1-2H3,(H,23,26)(H3,22,25,27). The van der Waals surface area contributed by atoms with E-state index in [-0.39, 0.29) is 12.3 Å². The number of pyridine rings is 1. The molecule has 0 aliphatic heterocycles. The first-order valence-electron chi connectivity index (χ1n) is 8.71. The molecule has 27 heavy (non-hydrogen) atoms. The number of aryl methyl sites for hydroxylation is 2. The second-order valence-corrected chi connectivity index (χ2v) is 6.46. The highest BCUT2D eigenvalue weighted by atomic mass is 16.2. The molecule has 0 saturated heterocycles. The Morgan fingerprint density at radius 1 is 1.04 bits per heavy atom. The number of nitrogens with two attached hydrogens (primary N) is 1. The second kappa shape index (κ2) is 7.86. The van der Waals surface area contributed by atoms with E-state index in [4.69, 9.17) is 5.73 Å². The molecule has 3 rings (SSSR count). The van der Waals surface area contributed by atoms with Gasteiger partial charge in [0, 0.05) is 23.3 Å². The summed E-state index contributed by atoms with van der Waals surface area (Å²) in [5, 5.41) is 6.51. The molecule has 138 valence electrons. The van der Waals surface area contributed by atoms with E-state index in [2.05, 4.69) is 15.6 Å². The third-order valence-electron chi connectivity index (χ3n) is 4.53. The van der Waals surface area contributed by atoms with Crippen LogP contribution in [0.15, 0.2) is 48.5 Å². The average Bonchev–Trinajstić information content (AvgIpc) is 2.64. The van der Waals surface area contributed by atoms with Crippen LogP contribution in [0.4, 0.5) is 10.5 Å². The predicted molar refractivity (Wildman–Crippen MR) is 106 cm³/mol. The van der Waals surface area contributed by atoms with Crippen LogP contribution >= 0.6 is 0 Å². The fourth-order valence-electron chi connectivity index (χ4n) is 3.10. The summed E-state index contributed by atoms with van der Waals surface area (Å²) in [6.45, 7) is 4.38. The smallest absolute Gasteiger partial charge is 0.316 e. The fourth-order valence-corrected chi connectivity index (χ4v) is 3.10. The number of fused-ring (bicyclic) bond motifs is 1. The summed E-state index contributed by atoms with van der Waals surface area (Å²) in [6.07, 6.45) is 0.289. The first-order chi connectivity index (χ1) is 12.9. The Hall–Kier alpha value is -3.41. The van der Waals surface area contributed by atoms with Gasteiger partial charge < -0.3 is 16.4 Å². The number of benzene rings is 2. The van der Waals surface area contributed by atoms with Crippen LogP contribution in [0.3, 0.4) is 0 Å². The maximum Gasteiger partial charge on any atom is 0.316 e. The van der Waals surface area contributed by atoms with Crippen LogP contribution in [0, 0.1) is 13.8 Å². The SMILES string of the molecule is Cc1nc2ccccc2c(C)c1CC(=O)NCc1ccc(NC(N)=O)cc1. The first kappa shape index (κ1) is 18.4. The minimum atomic E-state index is -0.606. The van der Waals surface area contributed by atoms with E-state index in [1.807, 2.05) is 50.2 Å². The van der Waals surface area contributed by atoms with Crippen LogP contribution in [-0.4, -0.2) is 16.9 Å². The molecule has 1 aromatic heterocycles. The molecular formula is C21H22N4O2. The third kappa shape index (κ3) is 4.41.